The summed E-state index contributed by atoms with van der Waals surface area (Å²) in [6, 6.07) is 0.0480. The molecule has 0 radical (unpaired) electrons. The third kappa shape index (κ3) is 4.35. The molecule has 20 heavy (non-hydrogen) atoms. The molecule has 0 bridgehead atoms. The van der Waals surface area contributed by atoms with Gasteiger partial charge in [-0.1, -0.05) is 13.3 Å². The molecule has 0 amide bonds. The number of alkyl halides is 3. The van der Waals surface area contributed by atoms with Crippen LogP contribution >= 0.6 is 0 Å². The minimum atomic E-state index is -4.02. The van der Waals surface area contributed by atoms with E-state index >= 15 is 0 Å². The first kappa shape index (κ1) is 16.1. The molecule has 1 heterocycles. The summed E-state index contributed by atoms with van der Waals surface area (Å²) in [7, 11) is 2.13. The van der Waals surface area contributed by atoms with E-state index in [0.29, 0.717) is 12.8 Å². The standard InChI is InChI=1S/C15H27F3N2/c1-14(6-8-20(2)9-7-14)11-19-13-5-3-4-12(10-13)15(16,17)18/h12-13,19H,3-11H2,1-2H3. The van der Waals surface area contributed by atoms with E-state index in [1.165, 1.54) is 0 Å². The lowest BCUT2D eigenvalue weighted by molar-refractivity contribution is -0.183. The van der Waals surface area contributed by atoms with Gasteiger partial charge >= 0.3 is 6.18 Å². The second-order valence-corrected chi connectivity index (χ2v) is 7.10. The van der Waals surface area contributed by atoms with Crippen LogP contribution < -0.4 is 5.32 Å². The SMILES string of the molecule is CN1CCC(C)(CNC2CCCC(C(F)(F)F)C2)CC1. The van der Waals surface area contributed by atoms with E-state index in [0.717, 1.165) is 38.9 Å². The van der Waals surface area contributed by atoms with Gasteiger partial charge in [-0.3, -0.25) is 0 Å². The zero-order valence-electron chi connectivity index (χ0n) is 12.6. The van der Waals surface area contributed by atoms with Crippen molar-refractivity contribution in [1.82, 2.24) is 10.2 Å². The Balaban J connectivity index is 1.79. The van der Waals surface area contributed by atoms with Crippen LogP contribution in [0.15, 0.2) is 0 Å². The fourth-order valence-corrected chi connectivity index (χ4v) is 3.40. The van der Waals surface area contributed by atoms with Gasteiger partial charge in [0.05, 0.1) is 5.92 Å². The third-order valence-corrected chi connectivity index (χ3v) is 5.15. The van der Waals surface area contributed by atoms with Crippen molar-refractivity contribution in [1.29, 1.82) is 0 Å². The quantitative estimate of drug-likeness (QED) is 0.857. The smallest absolute Gasteiger partial charge is 0.313 e. The molecule has 2 atom stereocenters. The van der Waals surface area contributed by atoms with Gasteiger partial charge in [0.2, 0.25) is 0 Å². The Morgan fingerprint density at radius 1 is 1.20 bits per heavy atom. The zero-order chi connectivity index (χ0) is 14.8. The summed E-state index contributed by atoms with van der Waals surface area (Å²) in [6.07, 6.45) is 0.405. The lowest BCUT2D eigenvalue weighted by Gasteiger charge is -2.40. The number of rotatable bonds is 3. The van der Waals surface area contributed by atoms with E-state index in [1.54, 1.807) is 0 Å². The normalized spacial score (nSPS) is 32.2. The maximum Gasteiger partial charge on any atom is 0.391 e. The van der Waals surface area contributed by atoms with Crippen LogP contribution in [0.5, 0.6) is 0 Å². The molecule has 0 aromatic carbocycles. The molecule has 0 spiro atoms. The summed E-state index contributed by atoms with van der Waals surface area (Å²) in [5.41, 5.74) is 0.248. The molecule has 1 saturated heterocycles. The molecule has 1 aliphatic carbocycles. The third-order valence-electron chi connectivity index (χ3n) is 5.15. The van der Waals surface area contributed by atoms with Crippen LogP contribution in [0.1, 0.15) is 45.4 Å². The van der Waals surface area contributed by atoms with Crippen molar-refractivity contribution in [3.8, 4) is 0 Å². The summed E-state index contributed by atoms with van der Waals surface area (Å²) in [5, 5.41) is 3.43. The number of nitrogens with zero attached hydrogens (tertiary/aromatic N) is 1. The molecule has 0 aromatic heterocycles. The molecular formula is C15H27F3N2. The number of nitrogens with one attached hydrogen (secondary N) is 1. The van der Waals surface area contributed by atoms with Gasteiger partial charge in [0.1, 0.15) is 0 Å². The van der Waals surface area contributed by atoms with E-state index < -0.39 is 12.1 Å². The van der Waals surface area contributed by atoms with Crippen LogP contribution in [0.2, 0.25) is 0 Å². The highest BCUT2D eigenvalue weighted by atomic mass is 19.4. The monoisotopic (exact) mass is 292 g/mol. The van der Waals surface area contributed by atoms with Crippen molar-refractivity contribution >= 4 is 0 Å². The first-order valence-electron chi connectivity index (χ1n) is 7.77. The van der Waals surface area contributed by atoms with E-state index in [-0.39, 0.29) is 17.9 Å². The van der Waals surface area contributed by atoms with Gasteiger partial charge < -0.3 is 10.2 Å². The van der Waals surface area contributed by atoms with Gasteiger partial charge in [-0.15, -0.1) is 0 Å². The van der Waals surface area contributed by atoms with Crippen LogP contribution in [0.4, 0.5) is 13.2 Å². The van der Waals surface area contributed by atoms with Gasteiger partial charge in [-0.25, -0.2) is 0 Å². The highest BCUT2D eigenvalue weighted by molar-refractivity contribution is 4.87. The van der Waals surface area contributed by atoms with Crippen molar-refractivity contribution < 1.29 is 13.2 Å². The van der Waals surface area contributed by atoms with Crippen molar-refractivity contribution in [3.63, 3.8) is 0 Å². The van der Waals surface area contributed by atoms with Gasteiger partial charge in [0.15, 0.2) is 0 Å². The largest absolute Gasteiger partial charge is 0.391 e. The maximum absolute atomic E-state index is 12.8. The second-order valence-electron chi connectivity index (χ2n) is 7.10. The minimum absolute atomic E-state index is 0.0480. The molecule has 2 nitrogen and oxygen atoms in total. The van der Waals surface area contributed by atoms with Crippen LogP contribution in [-0.4, -0.2) is 43.8 Å². The minimum Gasteiger partial charge on any atom is -0.313 e. The van der Waals surface area contributed by atoms with Crippen molar-refractivity contribution in [2.24, 2.45) is 11.3 Å². The van der Waals surface area contributed by atoms with Crippen LogP contribution in [0.25, 0.3) is 0 Å². The van der Waals surface area contributed by atoms with Crippen molar-refractivity contribution in [2.75, 3.05) is 26.7 Å². The van der Waals surface area contributed by atoms with E-state index in [4.69, 9.17) is 0 Å². The molecule has 2 fully saturated rings. The Morgan fingerprint density at radius 3 is 2.45 bits per heavy atom. The van der Waals surface area contributed by atoms with Gasteiger partial charge in [-0.05, 0) is 57.7 Å². The predicted molar refractivity (Wildman–Crippen MR) is 74.6 cm³/mol. The summed E-state index contributed by atoms with van der Waals surface area (Å²) < 4.78 is 38.4. The van der Waals surface area contributed by atoms with Crippen molar-refractivity contribution in [3.05, 3.63) is 0 Å². The summed E-state index contributed by atoms with van der Waals surface area (Å²) in [4.78, 5) is 2.32. The van der Waals surface area contributed by atoms with Crippen molar-refractivity contribution in [2.45, 2.75) is 57.7 Å². The average molecular weight is 292 g/mol. The fourth-order valence-electron chi connectivity index (χ4n) is 3.40. The molecule has 5 heteroatoms. The topological polar surface area (TPSA) is 15.3 Å². The predicted octanol–water partition coefficient (Wildman–Crippen LogP) is 3.43. The lowest BCUT2D eigenvalue weighted by atomic mass is 9.79. The van der Waals surface area contributed by atoms with E-state index in [2.05, 4.69) is 24.2 Å². The number of piperidine rings is 1. The van der Waals surface area contributed by atoms with Crippen LogP contribution in [0.3, 0.4) is 0 Å². The average Bonchev–Trinajstić information content (AvgIpc) is 2.40. The van der Waals surface area contributed by atoms with E-state index in [1.807, 2.05) is 0 Å². The molecule has 2 aliphatic rings. The van der Waals surface area contributed by atoms with Crippen LogP contribution in [0, 0.1) is 11.3 Å². The fraction of sp³-hybridized carbons (Fsp3) is 1.00. The molecule has 118 valence electrons. The molecule has 1 N–H and O–H groups in total. The Morgan fingerprint density at radius 2 is 1.85 bits per heavy atom. The first-order chi connectivity index (χ1) is 9.28. The molecule has 1 saturated carbocycles. The van der Waals surface area contributed by atoms with E-state index in [9.17, 15) is 13.2 Å². The van der Waals surface area contributed by atoms with Crippen LogP contribution in [-0.2, 0) is 0 Å². The zero-order valence-corrected chi connectivity index (χ0v) is 12.6. The summed E-state index contributed by atoms with van der Waals surface area (Å²) >= 11 is 0. The summed E-state index contributed by atoms with van der Waals surface area (Å²) in [5.74, 6) is -1.10. The molecule has 1 aliphatic heterocycles. The highest BCUT2D eigenvalue weighted by Crippen LogP contribution is 2.38. The Bertz CT molecular complexity index is 309. The maximum atomic E-state index is 12.8. The van der Waals surface area contributed by atoms with Gasteiger partial charge in [0, 0.05) is 12.6 Å². The molecular weight excluding hydrogens is 265 g/mol. The second kappa shape index (κ2) is 6.22. The summed E-state index contributed by atoms with van der Waals surface area (Å²) in [6.45, 7) is 5.30. The molecule has 2 unspecified atom stereocenters. The van der Waals surface area contributed by atoms with Gasteiger partial charge in [-0.2, -0.15) is 13.2 Å². The number of hydrogen-bond donors (Lipinski definition) is 1. The number of likely N-dealkylation sites (tertiary alicyclic amines) is 1. The lowest BCUT2D eigenvalue weighted by Crippen LogP contribution is -2.46. The Labute approximate surface area is 120 Å². The number of halogens is 3. The van der Waals surface area contributed by atoms with Gasteiger partial charge in [0.25, 0.3) is 0 Å². The number of hydrogen-bond acceptors (Lipinski definition) is 2. The molecule has 0 aromatic rings. The Hall–Kier alpha value is -0.290. The highest BCUT2D eigenvalue weighted by Gasteiger charge is 2.42. The molecule has 2 rings (SSSR count). The first-order valence-corrected chi connectivity index (χ1v) is 7.77. The Kier molecular flexibility index (Phi) is 5.00.